The molecule has 0 atom stereocenters. The lowest BCUT2D eigenvalue weighted by atomic mass is 10.2. The van der Waals surface area contributed by atoms with E-state index in [0.29, 0.717) is 0 Å². The SMILES string of the molecule is COc1cccc(NC(=S)N2CCN(c3ccccc3SC)CC2)c1. The molecule has 0 unspecified atom stereocenters. The topological polar surface area (TPSA) is 27.7 Å². The molecule has 0 spiro atoms. The standard InChI is InChI=1S/C19H23N3OS2/c1-23-16-7-5-6-15(14-16)20-19(24)22-12-10-21(11-13-22)17-8-3-4-9-18(17)25-2/h3-9,14H,10-13H2,1-2H3,(H,20,24). The summed E-state index contributed by atoms with van der Waals surface area (Å²) in [5.41, 5.74) is 2.28. The van der Waals surface area contributed by atoms with Crippen molar-refractivity contribution in [2.24, 2.45) is 0 Å². The second-order valence-electron chi connectivity index (χ2n) is 5.81. The van der Waals surface area contributed by atoms with Crippen LogP contribution in [0.3, 0.4) is 0 Å². The first kappa shape index (κ1) is 17.9. The molecule has 1 heterocycles. The van der Waals surface area contributed by atoms with Crippen LogP contribution >= 0.6 is 24.0 Å². The van der Waals surface area contributed by atoms with Crippen LogP contribution in [0.1, 0.15) is 0 Å². The molecule has 0 bridgehead atoms. The van der Waals surface area contributed by atoms with E-state index in [9.17, 15) is 0 Å². The Morgan fingerprint density at radius 2 is 1.84 bits per heavy atom. The summed E-state index contributed by atoms with van der Waals surface area (Å²) < 4.78 is 5.26. The number of ether oxygens (including phenoxy) is 1. The number of para-hydroxylation sites is 1. The van der Waals surface area contributed by atoms with Crippen molar-refractivity contribution in [2.45, 2.75) is 4.90 Å². The molecule has 0 amide bonds. The minimum atomic E-state index is 0.769. The van der Waals surface area contributed by atoms with E-state index in [1.54, 1.807) is 18.9 Å². The predicted molar refractivity (Wildman–Crippen MR) is 111 cm³/mol. The van der Waals surface area contributed by atoms with Crippen LogP contribution in [0.4, 0.5) is 11.4 Å². The molecule has 1 N–H and O–H groups in total. The molecule has 0 radical (unpaired) electrons. The van der Waals surface area contributed by atoms with Gasteiger partial charge in [-0.2, -0.15) is 0 Å². The summed E-state index contributed by atoms with van der Waals surface area (Å²) >= 11 is 7.39. The molecule has 6 heteroatoms. The summed E-state index contributed by atoms with van der Waals surface area (Å²) in [4.78, 5) is 6.00. The van der Waals surface area contributed by atoms with Crippen LogP contribution in [0.2, 0.25) is 0 Å². The lowest BCUT2D eigenvalue weighted by molar-refractivity contribution is 0.390. The Labute approximate surface area is 159 Å². The number of hydrogen-bond donors (Lipinski definition) is 1. The van der Waals surface area contributed by atoms with Crippen LogP contribution < -0.4 is 15.0 Å². The van der Waals surface area contributed by atoms with E-state index in [0.717, 1.165) is 42.7 Å². The summed E-state index contributed by atoms with van der Waals surface area (Å²) in [5.74, 6) is 0.825. The second kappa shape index (κ2) is 8.45. The van der Waals surface area contributed by atoms with E-state index < -0.39 is 0 Å². The number of thiocarbonyl (C=S) groups is 1. The molecule has 0 aliphatic carbocycles. The van der Waals surface area contributed by atoms with E-state index in [-0.39, 0.29) is 0 Å². The summed E-state index contributed by atoms with van der Waals surface area (Å²) in [5, 5.41) is 4.09. The van der Waals surface area contributed by atoms with Gasteiger partial charge >= 0.3 is 0 Å². The van der Waals surface area contributed by atoms with E-state index >= 15 is 0 Å². The van der Waals surface area contributed by atoms with Gasteiger partial charge in [0, 0.05) is 42.8 Å². The number of nitrogens with zero attached hydrogens (tertiary/aromatic N) is 2. The van der Waals surface area contributed by atoms with Crippen LogP contribution in [0.25, 0.3) is 0 Å². The molecule has 1 saturated heterocycles. The van der Waals surface area contributed by atoms with Crippen LogP contribution in [0.15, 0.2) is 53.4 Å². The number of methoxy groups -OCH3 is 1. The first-order valence-electron chi connectivity index (χ1n) is 8.29. The minimum absolute atomic E-state index is 0.769. The van der Waals surface area contributed by atoms with Crippen LogP contribution in [-0.4, -0.2) is 49.6 Å². The lowest BCUT2D eigenvalue weighted by Gasteiger charge is -2.38. The molecular formula is C19H23N3OS2. The van der Waals surface area contributed by atoms with Gasteiger partial charge in [-0.25, -0.2) is 0 Å². The fourth-order valence-corrected chi connectivity index (χ4v) is 3.87. The zero-order valence-corrected chi connectivity index (χ0v) is 16.2. The average molecular weight is 374 g/mol. The van der Waals surface area contributed by atoms with Gasteiger partial charge in [-0.3, -0.25) is 0 Å². The molecule has 3 rings (SSSR count). The average Bonchev–Trinajstić information content (AvgIpc) is 2.68. The van der Waals surface area contributed by atoms with Crippen molar-refractivity contribution in [1.29, 1.82) is 0 Å². The van der Waals surface area contributed by atoms with Crippen molar-refractivity contribution in [3.63, 3.8) is 0 Å². The first-order valence-corrected chi connectivity index (χ1v) is 9.92. The highest BCUT2D eigenvalue weighted by Crippen LogP contribution is 2.29. The predicted octanol–water partition coefficient (Wildman–Crippen LogP) is 3.94. The maximum absolute atomic E-state index is 5.59. The number of anilines is 2. The third-order valence-corrected chi connectivity index (χ3v) is 5.46. The first-order chi connectivity index (χ1) is 12.2. The maximum Gasteiger partial charge on any atom is 0.173 e. The van der Waals surface area contributed by atoms with Gasteiger partial charge < -0.3 is 19.9 Å². The molecular weight excluding hydrogens is 350 g/mol. The van der Waals surface area contributed by atoms with E-state index in [1.165, 1.54) is 10.6 Å². The lowest BCUT2D eigenvalue weighted by Crippen LogP contribution is -2.50. The Balaban J connectivity index is 1.59. The molecule has 1 fully saturated rings. The van der Waals surface area contributed by atoms with Gasteiger partial charge in [0.05, 0.1) is 12.8 Å². The number of piperazine rings is 1. The monoisotopic (exact) mass is 373 g/mol. The molecule has 0 aromatic heterocycles. The molecule has 1 aliphatic rings. The van der Waals surface area contributed by atoms with Crippen molar-refractivity contribution in [3.05, 3.63) is 48.5 Å². The zero-order valence-electron chi connectivity index (χ0n) is 14.6. The minimum Gasteiger partial charge on any atom is -0.497 e. The highest BCUT2D eigenvalue weighted by molar-refractivity contribution is 7.98. The normalized spacial score (nSPS) is 14.3. The molecule has 2 aromatic rings. The number of nitrogens with one attached hydrogen (secondary N) is 1. The highest BCUT2D eigenvalue weighted by Gasteiger charge is 2.20. The fourth-order valence-electron chi connectivity index (χ4n) is 2.94. The van der Waals surface area contributed by atoms with Crippen LogP contribution in [-0.2, 0) is 0 Å². The van der Waals surface area contributed by atoms with E-state index in [1.807, 2.05) is 24.3 Å². The van der Waals surface area contributed by atoms with Gasteiger partial charge in [0.15, 0.2) is 5.11 Å². The van der Waals surface area contributed by atoms with Crippen LogP contribution in [0, 0.1) is 0 Å². The Morgan fingerprint density at radius 3 is 2.56 bits per heavy atom. The van der Waals surface area contributed by atoms with Crippen molar-refractivity contribution < 1.29 is 4.74 Å². The smallest absolute Gasteiger partial charge is 0.173 e. The fraction of sp³-hybridized carbons (Fsp3) is 0.316. The molecule has 1 aliphatic heterocycles. The Bertz CT molecular complexity index is 730. The molecule has 25 heavy (non-hydrogen) atoms. The van der Waals surface area contributed by atoms with Gasteiger partial charge in [0.25, 0.3) is 0 Å². The number of benzene rings is 2. The third kappa shape index (κ3) is 4.38. The summed E-state index contributed by atoms with van der Waals surface area (Å²) in [6.45, 7) is 3.77. The van der Waals surface area contributed by atoms with Crippen molar-refractivity contribution >= 4 is 40.5 Å². The highest BCUT2D eigenvalue weighted by atomic mass is 32.2. The van der Waals surface area contributed by atoms with Crippen LogP contribution in [0.5, 0.6) is 5.75 Å². The third-order valence-electron chi connectivity index (χ3n) is 4.31. The Morgan fingerprint density at radius 1 is 1.08 bits per heavy atom. The van der Waals surface area contributed by atoms with E-state index in [4.69, 9.17) is 17.0 Å². The summed E-state index contributed by atoms with van der Waals surface area (Å²) in [7, 11) is 1.67. The maximum atomic E-state index is 5.59. The number of hydrogen-bond acceptors (Lipinski definition) is 4. The quantitative estimate of drug-likeness (QED) is 0.645. The second-order valence-corrected chi connectivity index (χ2v) is 7.04. The van der Waals surface area contributed by atoms with Gasteiger partial charge in [-0.1, -0.05) is 18.2 Å². The molecule has 0 saturated carbocycles. The van der Waals surface area contributed by atoms with E-state index in [2.05, 4.69) is 45.6 Å². The van der Waals surface area contributed by atoms with Crippen molar-refractivity contribution in [3.8, 4) is 5.75 Å². The molecule has 132 valence electrons. The summed E-state index contributed by atoms with van der Waals surface area (Å²) in [6, 6.07) is 16.4. The van der Waals surface area contributed by atoms with Gasteiger partial charge in [-0.15, -0.1) is 11.8 Å². The zero-order chi connectivity index (χ0) is 17.6. The Kier molecular flexibility index (Phi) is 6.04. The number of thioether (sulfide) groups is 1. The Hall–Kier alpha value is -1.92. The van der Waals surface area contributed by atoms with Gasteiger partial charge in [-0.05, 0) is 42.7 Å². The molecule has 4 nitrogen and oxygen atoms in total. The van der Waals surface area contributed by atoms with Gasteiger partial charge in [0.2, 0.25) is 0 Å². The number of rotatable bonds is 4. The molecule has 2 aromatic carbocycles. The largest absolute Gasteiger partial charge is 0.497 e. The van der Waals surface area contributed by atoms with Crippen molar-refractivity contribution in [2.75, 3.05) is 49.8 Å². The van der Waals surface area contributed by atoms with Gasteiger partial charge in [0.1, 0.15) is 5.75 Å². The summed E-state index contributed by atoms with van der Waals surface area (Å²) in [6.07, 6.45) is 2.13. The van der Waals surface area contributed by atoms with Crippen molar-refractivity contribution in [1.82, 2.24) is 4.90 Å².